The molecule has 1 N–H and O–H groups in total. The van der Waals surface area contributed by atoms with E-state index in [9.17, 15) is 9.18 Å². The van der Waals surface area contributed by atoms with Crippen molar-refractivity contribution in [3.8, 4) is 5.88 Å². The summed E-state index contributed by atoms with van der Waals surface area (Å²) in [6.07, 6.45) is 4.01. The van der Waals surface area contributed by atoms with Gasteiger partial charge in [0.2, 0.25) is 5.88 Å². The number of amides is 2. The number of nitrogens with zero attached hydrogens (tertiary/aromatic N) is 4. The van der Waals surface area contributed by atoms with Gasteiger partial charge in [-0.3, -0.25) is 0 Å². The Bertz CT molecular complexity index is 801. The molecule has 3 rings (SSSR count). The van der Waals surface area contributed by atoms with Crippen molar-refractivity contribution < 1.29 is 13.9 Å². The molecule has 3 heterocycles. The molecule has 0 saturated carbocycles. The van der Waals surface area contributed by atoms with Crippen molar-refractivity contribution in [3.05, 3.63) is 42.0 Å². The van der Waals surface area contributed by atoms with Gasteiger partial charge in [0, 0.05) is 38.6 Å². The normalized spacial score (nSPS) is 14.6. The predicted octanol–water partition coefficient (Wildman–Crippen LogP) is 3.07. The summed E-state index contributed by atoms with van der Waals surface area (Å²) in [6.45, 7) is 6.47. The van der Waals surface area contributed by atoms with Crippen LogP contribution >= 0.6 is 0 Å². The van der Waals surface area contributed by atoms with Crippen LogP contribution in [0.15, 0.2) is 30.6 Å². The molecule has 144 valence electrons. The fourth-order valence-electron chi connectivity index (χ4n) is 3.03. The van der Waals surface area contributed by atoms with E-state index in [-0.39, 0.29) is 11.8 Å². The summed E-state index contributed by atoms with van der Waals surface area (Å²) in [7, 11) is 0. The van der Waals surface area contributed by atoms with Crippen LogP contribution < -0.4 is 15.0 Å². The zero-order valence-electron chi connectivity index (χ0n) is 15.6. The minimum atomic E-state index is -0.345. The zero-order chi connectivity index (χ0) is 19.2. The van der Waals surface area contributed by atoms with Crippen molar-refractivity contribution >= 4 is 17.5 Å². The molecule has 0 aromatic carbocycles. The first kappa shape index (κ1) is 18.9. The summed E-state index contributed by atoms with van der Waals surface area (Å²) in [4.78, 5) is 24.7. The van der Waals surface area contributed by atoms with E-state index in [2.05, 4.69) is 15.3 Å². The molecule has 0 bridgehead atoms. The first-order chi connectivity index (χ1) is 13.1. The van der Waals surface area contributed by atoms with Crippen molar-refractivity contribution in [1.82, 2.24) is 14.9 Å². The number of anilines is 2. The van der Waals surface area contributed by atoms with Gasteiger partial charge in [-0.2, -0.15) is 0 Å². The highest BCUT2D eigenvalue weighted by Crippen LogP contribution is 2.23. The molecule has 2 amide bonds. The Labute approximate surface area is 158 Å². The van der Waals surface area contributed by atoms with Crippen LogP contribution in [-0.4, -0.2) is 53.7 Å². The van der Waals surface area contributed by atoms with Crippen molar-refractivity contribution in [2.75, 3.05) is 43.0 Å². The maximum absolute atomic E-state index is 14.0. The number of aromatic nitrogens is 2. The van der Waals surface area contributed by atoms with Crippen molar-refractivity contribution in [2.24, 2.45) is 0 Å². The molecular formula is C19H24FN5O2. The molecule has 0 radical (unpaired) electrons. The second kappa shape index (κ2) is 8.66. The van der Waals surface area contributed by atoms with Crippen LogP contribution in [0.2, 0.25) is 0 Å². The van der Waals surface area contributed by atoms with E-state index in [1.165, 1.54) is 6.07 Å². The molecule has 2 aromatic heterocycles. The highest BCUT2D eigenvalue weighted by atomic mass is 19.1. The fourth-order valence-corrected chi connectivity index (χ4v) is 3.03. The predicted molar refractivity (Wildman–Crippen MR) is 102 cm³/mol. The number of ether oxygens (including phenoxy) is 1. The van der Waals surface area contributed by atoms with Crippen molar-refractivity contribution in [3.63, 3.8) is 0 Å². The minimum Gasteiger partial charge on any atom is -0.476 e. The average molecular weight is 373 g/mol. The standard InChI is InChI=1S/C19H24FN5O2/c1-3-27-18-16(12-14(2)13-22-18)23-19(26)25-9-5-8-24(10-11-25)17-15(20)6-4-7-21-17/h4,6-7,12-13H,3,5,8-11H2,1-2H3,(H,23,26). The first-order valence-electron chi connectivity index (χ1n) is 9.09. The number of urea groups is 1. The van der Waals surface area contributed by atoms with Gasteiger partial charge < -0.3 is 19.9 Å². The molecule has 1 fully saturated rings. The number of pyridine rings is 2. The maximum atomic E-state index is 14.0. The molecule has 8 heteroatoms. The van der Waals surface area contributed by atoms with Gasteiger partial charge in [0.15, 0.2) is 11.6 Å². The second-order valence-electron chi connectivity index (χ2n) is 6.37. The topological polar surface area (TPSA) is 70.6 Å². The van der Waals surface area contributed by atoms with E-state index in [1.54, 1.807) is 23.4 Å². The van der Waals surface area contributed by atoms with E-state index in [0.29, 0.717) is 50.2 Å². The lowest BCUT2D eigenvalue weighted by Gasteiger charge is -2.23. The average Bonchev–Trinajstić information content (AvgIpc) is 2.91. The molecule has 1 aliphatic rings. The van der Waals surface area contributed by atoms with Gasteiger partial charge in [0.1, 0.15) is 5.69 Å². The molecule has 0 aliphatic carbocycles. The third kappa shape index (κ3) is 4.64. The number of hydrogen-bond donors (Lipinski definition) is 1. The molecule has 0 atom stereocenters. The van der Waals surface area contributed by atoms with E-state index in [1.807, 2.05) is 24.8 Å². The summed E-state index contributed by atoms with van der Waals surface area (Å²) >= 11 is 0. The van der Waals surface area contributed by atoms with E-state index in [4.69, 9.17) is 4.74 Å². The molecule has 27 heavy (non-hydrogen) atoms. The lowest BCUT2D eigenvalue weighted by Crippen LogP contribution is -2.38. The number of halogens is 1. The minimum absolute atomic E-state index is 0.216. The smallest absolute Gasteiger partial charge is 0.322 e. The van der Waals surface area contributed by atoms with Crippen LogP contribution in [0.1, 0.15) is 18.9 Å². The lowest BCUT2D eigenvalue weighted by atomic mass is 10.3. The van der Waals surface area contributed by atoms with Crippen LogP contribution in [0.3, 0.4) is 0 Å². The Morgan fingerprint density at radius 2 is 2.15 bits per heavy atom. The molecule has 0 spiro atoms. The molecule has 1 aliphatic heterocycles. The Hall–Kier alpha value is -2.90. The number of carbonyl (C=O) groups is 1. The van der Waals surface area contributed by atoms with Gasteiger partial charge in [-0.25, -0.2) is 19.2 Å². The number of aryl methyl sites for hydroxylation is 1. The number of nitrogens with one attached hydrogen (secondary N) is 1. The van der Waals surface area contributed by atoms with Crippen LogP contribution in [0, 0.1) is 12.7 Å². The zero-order valence-corrected chi connectivity index (χ0v) is 15.6. The van der Waals surface area contributed by atoms with Crippen molar-refractivity contribution in [1.29, 1.82) is 0 Å². The van der Waals surface area contributed by atoms with Gasteiger partial charge in [-0.05, 0) is 44.0 Å². The Morgan fingerprint density at radius 3 is 2.93 bits per heavy atom. The van der Waals surface area contributed by atoms with Crippen LogP contribution in [0.25, 0.3) is 0 Å². The fraction of sp³-hybridized carbons (Fsp3) is 0.421. The monoisotopic (exact) mass is 373 g/mol. The quantitative estimate of drug-likeness (QED) is 0.892. The summed E-state index contributed by atoms with van der Waals surface area (Å²) in [5.41, 5.74) is 1.49. The number of carbonyl (C=O) groups excluding carboxylic acids is 1. The van der Waals surface area contributed by atoms with E-state index >= 15 is 0 Å². The van der Waals surface area contributed by atoms with Gasteiger partial charge in [-0.15, -0.1) is 0 Å². The second-order valence-corrected chi connectivity index (χ2v) is 6.37. The third-order valence-corrected chi connectivity index (χ3v) is 4.33. The Kier molecular flexibility index (Phi) is 6.05. The van der Waals surface area contributed by atoms with Gasteiger partial charge in [-0.1, -0.05) is 0 Å². The summed E-state index contributed by atoms with van der Waals surface area (Å²) in [5, 5.41) is 2.89. The van der Waals surface area contributed by atoms with Crippen molar-refractivity contribution in [2.45, 2.75) is 20.3 Å². The highest BCUT2D eigenvalue weighted by molar-refractivity contribution is 5.90. The molecule has 1 saturated heterocycles. The van der Waals surface area contributed by atoms with Crippen LogP contribution in [0.5, 0.6) is 5.88 Å². The number of hydrogen-bond acceptors (Lipinski definition) is 5. The molecular weight excluding hydrogens is 349 g/mol. The van der Waals surface area contributed by atoms with Gasteiger partial charge >= 0.3 is 6.03 Å². The molecule has 0 unspecified atom stereocenters. The summed E-state index contributed by atoms with van der Waals surface area (Å²) in [6, 6.07) is 4.59. The third-order valence-electron chi connectivity index (χ3n) is 4.33. The van der Waals surface area contributed by atoms with Crippen LogP contribution in [0.4, 0.5) is 20.7 Å². The maximum Gasteiger partial charge on any atom is 0.322 e. The highest BCUT2D eigenvalue weighted by Gasteiger charge is 2.22. The van der Waals surface area contributed by atoms with Crippen LogP contribution in [-0.2, 0) is 0 Å². The van der Waals surface area contributed by atoms with E-state index in [0.717, 1.165) is 12.0 Å². The summed E-state index contributed by atoms with van der Waals surface area (Å²) < 4.78 is 19.5. The summed E-state index contributed by atoms with van der Waals surface area (Å²) in [5.74, 6) is 0.396. The largest absolute Gasteiger partial charge is 0.476 e. The molecule has 2 aromatic rings. The van der Waals surface area contributed by atoms with E-state index < -0.39 is 0 Å². The first-order valence-corrected chi connectivity index (χ1v) is 9.09. The van der Waals surface area contributed by atoms with Gasteiger partial charge in [0.05, 0.1) is 6.61 Å². The number of rotatable bonds is 4. The SMILES string of the molecule is CCOc1ncc(C)cc1NC(=O)N1CCCN(c2ncccc2F)CC1. The van der Waals surface area contributed by atoms with Gasteiger partial charge in [0.25, 0.3) is 0 Å². The Morgan fingerprint density at radius 1 is 1.30 bits per heavy atom. The molecule has 7 nitrogen and oxygen atoms in total. The lowest BCUT2D eigenvalue weighted by molar-refractivity contribution is 0.215. The Balaban J connectivity index is 1.67.